The molecular formula is C84H116F4N16O12. The molecular weight excluding hydrogens is 1500 g/mol. The Hall–Kier alpha value is -9.40. The van der Waals surface area contributed by atoms with Crippen molar-refractivity contribution in [3.05, 3.63) is 137 Å². The normalized spacial score (nSPS) is 23.8. The highest BCUT2D eigenvalue weighted by Crippen LogP contribution is 2.40. The third-order valence-corrected chi connectivity index (χ3v) is 25.9. The number of likely N-dealkylation sites (tertiary alicyclic amines) is 8. The van der Waals surface area contributed by atoms with Gasteiger partial charge in [0.1, 0.15) is 53.1 Å². The number of piperidine rings is 4. The first-order valence-electron chi connectivity index (χ1n) is 41.4. The molecule has 12 heterocycles. The molecule has 0 saturated carbocycles. The molecule has 32 heteroatoms. The molecule has 4 N–H and O–H groups in total. The summed E-state index contributed by atoms with van der Waals surface area (Å²) in [4.78, 5) is 127. The molecule has 632 valence electrons. The van der Waals surface area contributed by atoms with Crippen LogP contribution >= 0.6 is 0 Å². The molecule has 0 bridgehead atoms. The van der Waals surface area contributed by atoms with Gasteiger partial charge in [-0.25, -0.2) is 55.9 Å². The van der Waals surface area contributed by atoms with Crippen molar-refractivity contribution in [2.24, 2.45) is 0 Å². The van der Waals surface area contributed by atoms with Crippen molar-refractivity contribution in [1.29, 1.82) is 0 Å². The van der Waals surface area contributed by atoms with Crippen molar-refractivity contribution < 1.29 is 55.7 Å². The quantitative estimate of drug-likeness (QED) is 0.0517. The van der Waals surface area contributed by atoms with Crippen LogP contribution in [0.15, 0.2) is 92.0 Å². The van der Waals surface area contributed by atoms with E-state index in [0.717, 1.165) is 196 Å². The fourth-order valence-corrected chi connectivity index (χ4v) is 19.4. The fraction of sp³-hybridized carbons (Fsp3) is 0.619. The minimum atomic E-state index is -0.656. The van der Waals surface area contributed by atoms with Gasteiger partial charge in [0, 0.05) is 151 Å². The average molecular weight is 1620 g/mol. The van der Waals surface area contributed by atoms with Gasteiger partial charge in [0.05, 0.1) is 44.1 Å². The molecule has 8 aliphatic heterocycles. The number of hydrogen-bond donors (Lipinski definition) is 4. The van der Waals surface area contributed by atoms with Crippen LogP contribution in [0.5, 0.6) is 0 Å². The molecule has 16 rings (SSSR count). The number of aryl methyl sites for hydroxylation is 4. The van der Waals surface area contributed by atoms with Gasteiger partial charge in [-0.15, -0.1) is 0 Å². The van der Waals surface area contributed by atoms with Crippen molar-refractivity contribution in [3.8, 4) is 0 Å². The molecule has 28 nitrogen and oxygen atoms in total. The second-order valence-electron chi connectivity index (χ2n) is 34.0. The van der Waals surface area contributed by atoms with Gasteiger partial charge in [-0.1, -0.05) is 24.3 Å². The van der Waals surface area contributed by atoms with Crippen LogP contribution in [-0.2, 0) is 18.9 Å². The highest BCUT2D eigenvalue weighted by molar-refractivity contribution is 5.79. The SMILES string of the molecule is Cc1ccc2[nH]c(=O)n(C3CCN(C4(C)CCN(C(=O)OCCF)C4)CC3)c2c1.Cc1ccc2[nH]c(=O)n(C3CCN(C4(C)CCN(C(=O)OCCF)C4)CC3)c2c1.Cc1ccc2c(c1)[nH]c(=O)n2C1CCN(C2(C)CCN(C(=O)OCCF)C2)CC1.Cc1ccc2c(c1)[nH]c(=O)n2C1CCN(C2(C)CCN(C(=O)OCCF)C2)CC1. The van der Waals surface area contributed by atoms with Crippen LogP contribution < -0.4 is 22.8 Å². The number of fused-ring (bicyclic) bond motifs is 4. The van der Waals surface area contributed by atoms with Crippen LogP contribution in [0.3, 0.4) is 0 Å². The number of hydrogen-bond acceptors (Lipinski definition) is 16. The first-order valence-corrected chi connectivity index (χ1v) is 41.4. The van der Waals surface area contributed by atoms with Crippen molar-refractivity contribution in [3.63, 3.8) is 0 Å². The maximum Gasteiger partial charge on any atom is 0.409 e. The van der Waals surface area contributed by atoms with Gasteiger partial charge in [0.2, 0.25) is 0 Å². The number of nitrogens with one attached hydrogen (secondary N) is 4. The summed E-state index contributed by atoms with van der Waals surface area (Å²) in [5.41, 5.74) is 11.4. The van der Waals surface area contributed by atoms with Gasteiger partial charge >= 0.3 is 47.1 Å². The van der Waals surface area contributed by atoms with E-state index in [1.54, 1.807) is 19.6 Å². The van der Waals surface area contributed by atoms with Gasteiger partial charge in [-0.3, -0.25) is 37.9 Å². The number of aromatic amines is 4. The van der Waals surface area contributed by atoms with E-state index in [0.29, 0.717) is 52.4 Å². The Morgan fingerprint density at radius 2 is 0.552 bits per heavy atom. The standard InChI is InChI=1S/4C21H29FN4O3/c2*1-15-3-4-18-17(13-15)23-19(27)26(18)16-5-9-25(10-6-16)21(2)7-11-24(14-21)20(28)29-12-8-22;2*1-15-3-4-17-18(13-15)26(19(27)23-17)16-5-9-25(10-6-16)21(2)7-11-24(14-21)20(28)29-12-8-22/h4*3-4,13,16H,5-12,14H2,1-2H3,(H,23,27). The lowest BCUT2D eigenvalue weighted by Gasteiger charge is -2.43. The Morgan fingerprint density at radius 1 is 0.328 bits per heavy atom. The lowest BCUT2D eigenvalue weighted by Crippen LogP contribution is -2.52. The van der Waals surface area contributed by atoms with Gasteiger partial charge in [0.15, 0.2) is 0 Å². The maximum absolute atomic E-state index is 12.6. The number of H-pyrrole nitrogens is 4. The number of alkyl halides is 4. The summed E-state index contributed by atoms with van der Waals surface area (Å²) in [6.07, 6.45) is 8.90. The monoisotopic (exact) mass is 1620 g/mol. The summed E-state index contributed by atoms with van der Waals surface area (Å²) in [5, 5.41) is 0. The number of nitrogens with zero attached hydrogens (tertiary/aromatic N) is 12. The molecule has 4 amide bonds. The number of benzene rings is 4. The summed E-state index contributed by atoms with van der Waals surface area (Å²) >= 11 is 0. The third-order valence-electron chi connectivity index (χ3n) is 25.9. The minimum Gasteiger partial charge on any atom is -0.447 e. The van der Waals surface area contributed by atoms with E-state index >= 15 is 0 Å². The summed E-state index contributed by atoms with van der Waals surface area (Å²) in [7, 11) is 0. The van der Waals surface area contributed by atoms with Gasteiger partial charge in [-0.2, -0.15) is 0 Å². The summed E-state index contributed by atoms with van der Waals surface area (Å²) < 4.78 is 76.4. The second-order valence-corrected chi connectivity index (χ2v) is 34.0. The van der Waals surface area contributed by atoms with E-state index < -0.39 is 51.1 Å². The number of imidazole rings is 4. The molecule has 8 aromatic rings. The summed E-state index contributed by atoms with van der Waals surface area (Å²) in [5.74, 6) is 0. The van der Waals surface area contributed by atoms with Gasteiger partial charge in [0.25, 0.3) is 0 Å². The molecule has 4 aromatic heterocycles. The fourth-order valence-electron chi connectivity index (χ4n) is 19.4. The number of carbonyl (C=O) groups is 4. The lowest BCUT2D eigenvalue weighted by atomic mass is 9.93. The van der Waals surface area contributed by atoms with Crippen molar-refractivity contribution in [2.45, 2.75) is 179 Å². The maximum atomic E-state index is 12.6. The predicted octanol–water partition coefficient (Wildman–Crippen LogP) is 11.4. The van der Waals surface area contributed by atoms with E-state index in [4.69, 9.17) is 18.9 Å². The van der Waals surface area contributed by atoms with E-state index in [9.17, 15) is 55.9 Å². The zero-order chi connectivity index (χ0) is 82.4. The molecule has 8 aliphatic rings. The molecule has 0 aliphatic carbocycles. The molecule has 0 spiro atoms. The summed E-state index contributed by atoms with van der Waals surface area (Å²) in [6, 6.07) is 24.9. The third kappa shape index (κ3) is 18.5. The Bertz CT molecular complexity index is 4710. The van der Waals surface area contributed by atoms with E-state index in [1.165, 1.54) is 0 Å². The molecule has 8 fully saturated rings. The smallest absolute Gasteiger partial charge is 0.409 e. The first kappa shape index (κ1) is 84.5. The predicted molar refractivity (Wildman–Crippen MR) is 436 cm³/mol. The Kier molecular flexibility index (Phi) is 26.4. The van der Waals surface area contributed by atoms with Crippen LogP contribution in [0, 0.1) is 27.7 Å². The van der Waals surface area contributed by atoms with Crippen LogP contribution in [0.25, 0.3) is 44.1 Å². The molecule has 8 saturated heterocycles. The number of carbonyl (C=O) groups excluding carboxylic acids is 4. The molecule has 4 aromatic carbocycles. The van der Waals surface area contributed by atoms with Crippen LogP contribution in [0.1, 0.15) is 151 Å². The number of ether oxygens (including phenoxy) is 4. The second kappa shape index (κ2) is 36.2. The molecule has 0 radical (unpaired) electrons. The topological polar surface area (TPSA) is 282 Å². The lowest BCUT2D eigenvalue weighted by molar-refractivity contribution is 0.0621. The van der Waals surface area contributed by atoms with Gasteiger partial charge in [-0.05, 0) is 203 Å². The molecule has 4 unspecified atom stereocenters. The Morgan fingerprint density at radius 3 is 0.802 bits per heavy atom. The largest absolute Gasteiger partial charge is 0.447 e. The number of amides is 4. The zero-order valence-electron chi connectivity index (χ0n) is 68.5. The Balaban J connectivity index is 0.000000135. The van der Waals surface area contributed by atoms with E-state index in [1.807, 2.05) is 107 Å². The van der Waals surface area contributed by atoms with Crippen molar-refractivity contribution >= 4 is 68.5 Å². The molecule has 116 heavy (non-hydrogen) atoms. The van der Waals surface area contributed by atoms with Gasteiger partial charge < -0.3 is 58.5 Å². The number of halogens is 4. The molecule has 4 atom stereocenters. The number of aromatic nitrogens is 8. The van der Waals surface area contributed by atoms with Crippen LogP contribution in [0.4, 0.5) is 36.7 Å². The average Bonchev–Trinajstić information content (AvgIpc) is 1.61. The summed E-state index contributed by atoms with van der Waals surface area (Å²) in [6.45, 7) is 25.3. The number of rotatable bonds is 16. The van der Waals surface area contributed by atoms with E-state index in [-0.39, 0.29) is 95.5 Å². The zero-order valence-corrected chi connectivity index (χ0v) is 68.5. The van der Waals surface area contributed by atoms with E-state index in [2.05, 4.69) is 79.4 Å². The van der Waals surface area contributed by atoms with Crippen LogP contribution in [-0.4, -0.2) is 282 Å². The minimum absolute atomic E-state index is 0.0436. The first-order chi connectivity index (χ1) is 55.6. The van der Waals surface area contributed by atoms with Crippen LogP contribution in [0.2, 0.25) is 0 Å². The van der Waals surface area contributed by atoms with Crippen molar-refractivity contribution in [1.82, 2.24) is 77.4 Å². The Labute approximate surface area is 672 Å². The highest BCUT2D eigenvalue weighted by atomic mass is 19.1. The highest BCUT2D eigenvalue weighted by Gasteiger charge is 2.47. The van der Waals surface area contributed by atoms with Crippen molar-refractivity contribution in [2.75, 3.05) is 158 Å².